The first-order valence-electron chi connectivity index (χ1n) is 35.2. The molecule has 0 heterocycles. The predicted molar refractivity (Wildman–Crippen MR) is 357 cm³/mol. The Hall–Kier alpha value is -3.67. The second kappa shape index (κ2) is 69.8. The molecule has 0 aliphatic heterocycles. The summed E-state index contributed by atoms with van der Waals surface area (Å²) < 4.78 is 17.0. The smallest absolute Gasteiger partial charge is 0.306 e. The fourth-order valence-electron chi connectivity index (χ4n) is 10.1. The van der Waals surface area contributed by atoms with Gasteiger partial charge in [-0.1, -0.05) is 323 Å². The van der Waals surface area contributed by atoms with E-state index in [9.17, 15) is 14.4 Å². The molecule has 0 aromatic heterocycles. The third-order valence-corrected chi connectivity index (χ3v) is 15.3. The minimum absolute atomic E-state index is 0.0774. The molecule has 6 nitrogen and oxygen atoms in total. The fourth-order valence-corrected chi connectivity index (χ4v) is 10.1. The van der Waals surface area contributed by atoms with Crippen LogP contribution in [0.1, 0.15) is 348 Å². The van der Waals surface area contributed by atoms with Crippen molar-refractivity contribution in [2.45, 2.75) is 354 Å². The predicted octanol–water partition coefficient (Wildman–Crippen LogP) is 24.4. The zero-order valence-electron chi connectivity index (χ0n) is 54.2. The summed E-state index contributed by atoms with van der Waals surface area (Å²) in [6.45, 7) is 6.55. The second-order valence-corrected chi connectivity index (χ2v) is 23.4. The minimum Gasteiger partial charge on any atom is -0.462 e. The topological polar surface area (TPSA) is 78.9 Å². The van der Waals surface area contributed by atoms with Crippen LogP contribution in [0.15, 0.2) is 97.2 Å². The normalized spacial score (nSPS) is 12.7. The summed E-state index contributed by atoms with van der Waals surface area (Å²) in [4.78, 5) is 38.4. The van der Waals surface area contributed by atoms with E-state index in [-0.39, 0.29) is 31.1 Å². The summed E-state index contributed by atoms with van der Waals surface area (Å²) in [5, 5.41) is 0. The number of hydrogen-bond acceptors (Lipinski definition) is 6. The van der Waals surface area contributed by atoms with Gasteiger partial charge in [0.05, 0.1) is 0 Å². The molecule has 82 heavy (non-hydrogen) atoms. The Morgan fingerprint density at radius 2 is 0.476 bits per heavy atom. The number of carbonyl (C=O) groups is 3. The van der Waals surface area contributed by atoms with Gasteiger partial charge in [-0.05, 0) is 103 Å². The monoisotopic (exact) mass is 1140 g/mol. The Morgan fingerprint density at radius 1 is 0.256 bits per heavy atom. The molecule has 0 bridgehead atoms. The van der Waals surface area contributed by atoms with Crippen molar-refractivity contribution in [3.63, 3.8) is 0 Å². The van der Waals surface area contributed by atoms with Gasteiger partial charge in [0.25, 0.3) is 0 Å². The van der Waals surface area contributed by atoms with E-state index in [1.165, 1.54) is 199 Å². The molecule has 0 saturated carbocycles. The molecule has 472 valence electrons. The standard InChI is InChI=1S/C76H132O6/c1-4-7-10-13-16-19-22-25-28-30-31-32-33-34-35-36-37-38-39-40-41-42-43-44-45-47-48-51-54-57-60-63-66-69-75(78)81-72-73(71-80-74(77)68-65-62-59-56-53-50-27-24-21-18-15-12-9-6-3)82-76(79)70-67-64-61-58-55-52-49-46-29-26-23-20-17-14-11-8-5-2/h7,10,16,19,24-25,27-28,31-32,34-35,37-38,40-41,73H,4-6,8-9,11-15,17-18,20-23,26,29-30,33,36,39,42-72H2,1-3H3/b10-7-,19-16-,27-24-,28-25-,32-31-,35-34-,38-37-,41-40-. The Balaban J connectivity index is 4.24. The molecule has 0 saturated heterocycles. The summed E-state index contributed by atoms with van der Waals surface area (Å²) in [6, 6.07) is 0. The number of ether oxygens (including phenoxy) is 3. The average molecular weight is 1140 g/mol. The van der Waals surface area contributed by atoms with Gasteiger partial charge in [0, 0.05) is 19.3 Å². The van der Waals surface area contributed by atoms with E-state index in [0.29, 0.717) is 19.3 Å². The first-order valence-corrected chi connectivity index (χ1v) is 35.2. The molecular weight excluding hydrogens is 1010 g/mol. The van der Waals surface area contributed by atoms with E-state index in [4.69, 9.17) is 14.2 Å². The highest BCUT2D eigenvalue weighted by atomic mass is 16.6. The van der Waals surface area contributed by atoms with Crippen molar-refractivity contribution in [1.29, 1.82) is 0 Å². The zero-order chi connectivity index (χ0) is 59.2. The van der Waals surface area contributed by atoms with E-state index < -0.39 is 6.10 Å². The van der Waals surface area contributed by atoms with E-state index >= 15 is 0 Å². The van der Waals surface area contributed by atoms with Crippen molar-refractivity contribution in [1.82, 2.24) is 0 Å². The van der Waals surface area contributed by atoms with E-state index in [0.717, 1.165) is 109 Å². The molecular formula is C76H132O6. The highest BCUT2D eigenvalue weighted by Gasteiger charge is 2.19. The molecule has 0 spiro atoms. The number of allylic oxidation sites excluding steroid dienone is 16. The SMILES string of the molecule is CC/C=C\C/C=C\C/C=C\C/C=C\C/C=C\C/C=C\C/C=C\CCCCCCCCCCCCCC(=O)OCC(COC(=O)CCCCCCC/C=C\CCCCCCC)OC(=O)CCCCCCCCCCCCCCCCCCC. The minimum atomic E-state index is -0.781. The van der Waals surface area contributed by atoms with Crippen molar-refractivity contribution in [3.05, 3.63) is 97.2 Å². The number of esters is 3. The van der Waals surface area contributed by atoms with E-state index in [2.05, 4.69) is 118 Å². The lowest BCUT2D eigenvalue weighted by molar-refractivity contribution is -0.167. The van der Waals surface area contributed by atoms with Crippen molar-refractivity contribution < 1.29 is 28.6 Å². The molecule has 0 aromatic carbocycles. The number of carbonyl (C=O) groups excluding carboxylic acids is 3. The van der Waals surface area contributed by atoms with Crippen molar-refractivity contribution in [2.75, 3.05) is 13.2 Å². The number of hydrogen-bond donors (Lipinski definition) is 0. The Morgan fingerprint density at radius 3 is 0.756 bits per heavy atom. The maximum absolute atomic E-state index is 12.9. The van der Waals surface area contributed by atoms with Crippen LogP contribution in [0.25, 0.3) is 0 Å². The van der Waals surface area contributed by atoms with Crippen LogP contribution in [-0.2, 0) is 28.6 Å². The van der Waals surface area contributed by atoms with Crippen molar-refractivity contribution in [3.8, 4) is 0 Å². The Bertz CT molecular complexity index is 1590. The van der Waals surface area contributed by atoms with Gasteiger partial charge in [-0.2, -0.15) is 0 Å². The van der Waals surface area contributed by atoms with Gasteiger partial charge in [0.1, 0.15) is 13.2 Å². The first-order chi connectivity index (χ1) is 40.5. The molecule has 0 fully saturated rings. The van der Waals surface area contributed by atoms with Gasteiger partial charge in [-0.3, -0.25) is 14.4 Å². The fraction of sp³-hybridized carbons (Fsp3) is 0.750. The summed E-state index contributed by atoms with van der Waals surface area (Å²) in [5.41, 5.74) is 0. The van der Waals surface area contributed by atoms with Gasteiger partial charge in [0.15, 0.2) is 6.10 Å². The maximum atomic E-state index is 12.9. The molecule has 0 N–H and O–H groups in total. The molecule has 0 aromatic rings. The highest BCUT2D eigenvalue weighted by molar-refractivity contribution is 5.71. The molecule has 0 aliphatic carbocycles. The summed E-state index contributed by atoms with van der Waals surface area (Å²) in [7, 11) is 0. The molecule has 0 amide bonds. The lowest BCUT2D eigenvalue weighted by Crippen LogP contribution is -2.30. The van der Waals surface area contributed by atoms with Crippen LogP contribution in [0.5, 0.6) is 0 Å². The molecule has 0 aliphatic rings. The van der Waals surface area contributed by atoms with Gasteiger partial charge >= 0.3 is 17.9 Å². The lowest BCUT2D eigenvalue weighted by Gasteiger charge is -2.18. The van der Waals surface area contributed by atoms with Crippen LogP contribution in [0.4, 0.5) is 0 Å². The second-order valence-electron chi connectivity index (χ2n) is 23.4. The van der Waals surface area contributed by atoms with Crippen molar-refractivity contribution >= 4 is 17.9 Å². The van der Waals surface area contributed by atoms with Crippen molar-refractivity contribution in [2.24, 2.45) is 0 Å². The molecule has 6 heteroatoms. The van der Waals surface area contributed by atoms with E-state index in [1.807, 2.05) is 0 Å². The molecule has 1 unspecified atom stereocenters. The summed E-state index contributed by atoms with van der Waals surface area (Å²) >= 11 is 0. The van der Waals surface area contributed by atoms with Gasteiger partial charge < -0.3 is 14.2 Å². The number of rotatable bonds is 64. The quantitative estimate of drug-likeness (QED) is 0.0261. The summed E-state index contributed by atoms with van der Waals surface area (Å²) in [5.74, 6) is -0.870. The van der Waals surface area contributed by atoms with Gasteiger partial charge in [-0.15, -0.1) is 0 Å². The van der Waals surface area contributed by atoms with Gasteiger partial charge in [-0.25, -0.2) is 0 Å². The van der Waals surface area contributed by atoms with Crippen LogP contribution < -0.4 is 0 Å². The molecule has 0 rings (SSSR count). The van der Waals surface area contributed by atoms with E-state index in [1.54, 1.807) is 0 Å². The Kier molecular flexibility index (Phi) is 66.7. The van der Waals surface area contributed by atoms with Crippen LogP contribution in [0.3, 0.4) is 0 Å². The third kappa shape index (κ3) is 67.1. The van der Waals surface area contributed by atoms with Crippen LogP contribution in [0, 0.1) is 0 Å². The summed E-state index contributed by atoms with van der Waals surface area (Å²) in [6.07, 6.45) is 94.3. The molecule has 0 radical (unpaired) electrons. The highest BCUT2D eigenvalue weighted by Crippen LogP contribution is 2.17. The van der Waals surface area contributed by atoms with Gasteiger partial charge in [0.2, 0.25) is 0 Å². The van der Waals surface area contributed by atoms with Crippen LogP contribution in [-0.4, -0.2) is 37.2 Å². The number of unbranched alkanes of at least 4 members (excludes halogenated alkanes) is 37. The van der Waals surface area contributed by atoms with Crippen LogP contribution in [0.2, 0.25) is 0 Å². The zero-order valence-corrected chi connectivity index (χ0v) is 54.2. The first kappa shape index (κ1) is 78.3. The largest absolute Gasteiger partial charge is 0.462 e. The average Bonchev–Trinajstić information content (AvgIpc) is 3.47. The maximum Gasteiger partial charge on any atom is 0.306 e. The molecule has 1 atom stereocenters. The van der Waals surface area contributed by atoms with Crippen LogP contribution >= 0.6 is 0 Å². The Labute approximate surface area is 508 Å². The third-order valence-electron chi connectivity index (χ3n) is 15.3. The lowest BCUT2D eigenvalue weighted by atomic mass is 10.0.